The Hall–Kier alpha value is -2.68. The second-order valence-electron chi connectivity index (χ2n) is 5.31. The maximum absolute atomic E-state index is 12.2. The number of ketones is 1. The summed E-state index contributed by atoms with van der Waals surface area (Å²) in [6.45, 7) is 3.58. The summed E-state index contributed by atoms with van der Waals surface area (Å²) in [4.78, 5) is 23.5. The van der Waals surface area contributed by atoms with Crippen molar-refractivity contribution in [2.75, 3.05) is 0 Å². The number of rotatable bonds is 3. The van der Waals surface area contributed by atoms with Gasteiger partial charge in [0.05, 0.1) is 5.56 Å². The third-order valence-electron chi connectivity index (χ3n) is 3.81. The van der Waals surface area contributed by atoms with Crippen LogP contribution in [-0.4, -0.2) is 5.78 Å². The lowest BCUT2D eigenvalue weighted by Gasteiger charge is -2.05. The molecule has 0 atom stereocenters. The molecule has 0 saturated carbocycles. The summed E-state index contributed by atoms with van der Waals surface area (Å²) in [5, 5.41) is 0.891. The molecule has 0 radical (unpaired) electrons. The Kier molecular flexibility index (Phi) is 3.63. The van der Waals surface area contributed by atoms with Crippen molar-refractivity contribution in [3.05, 3.63) is 70.1 Å². The normalized spacial score (nSPS) is 10.8. The van der Waals surface area contributed by atoms with Gasteiger partial charge in [-0.25, -0.2) is 4.79 Å². The molecule has 2 aromatic carbocycles. The molecule has 0 aliphatic carbocycles. The lowest BCUT2D eigenvalue weighted by atomic mass is 10.0. The fraction of sp³-hybridized carbons (Fsp3) is 0.158. The number of carbonyl (C=O) groups excluding carboxylic acids is 1. The summed E-state index contributed by atoms with van der Waals surface area (Å²) in [6.07, 6.45) is 0.897. The Bertz CT molecular complexity index is 902. The van der Waals surface area contributed by atoms with Gasteiger partial charge in [-0.1, -0.05) is 43.3 Å². The first-order valence-corrected chi connectivity index (χ1v) is 7.26. The van der Waals surface area contributed by atoms with Crippen LogP contribution in [-0.2, 0) is 6.42 Å². The molecular weight excluding hydrogens is 276 g/mol. The molecule has 0 saturated heterocycles. The van der Waals surface area contributed by atoms with Crippen molar-refractivity contribution in [3.8, 4) is 11.1 Å². The van der Waals surface area contributed by atoms with Gasteiger partial charge in [0.2, 0.25) is 0 Å². The van der Waals surface area contributed by atoms with Gasteiger partial charge in [-0.05, 0) is 36.6 Å². The Labute approximate surface area is 128 Å². The molecule has 3 nitrogen and oxygen atoms in total. The smallest absolute Gasteiger partial charge is 0.344 e. The van der Waals surface area contributed by atoms with Crippen LogP contribution in [0.2, 0.25) is 0 Å². The first-order valence-electron chi connectivity index (χ1n) is 7.26. The average molecular weight is 292 g/mol. The SMILES string of the molecule is CCc1ccc2cc(-c3ccc(C(C)=O)cc3)c(=O)oc2c1. The van der Waals surface area contributed by atoms with Crippen LogP contribution >= 0.6 is 0 Å². The lowest BCUT2D eigenvalue weighted by molar-refractivity contribution is 0.101. The minimum Gasteiger partial charge on any atom is -0.422 e. The fourth-order valence-corrected chi connectivity index (χ4v) is 2.46. The predicted molar refractivity (Wildman–Crippen MR) is 87.3 cm³/mol. The number of hydrogen-bond donors (Lipinski definition) is 0. The highest BCUT2D eigenvalue weighted by molar-refractivity contribution is 5.94. The Morgan fingerprint density at radius 3 is 2.41 bits per heavy atom. The minimum absolute atomic E-state index is 0.00388. The van der Waals surface area contributed by atoms with Crippen LogP contribution in [0.15, 0.2) is 57.7 Å². The van der Waals surface area contributed by atoms with Gasteiger partial charge in [0.15, 0.2) is 5.78 Å². The van der Waals surface area contributed by atoms with Crippen LogP contribution in [0.25, 0.3) is 22.1 Å². The molecule has 22 heavy (non-hydrogen) atoms. The molecule has 0 aliphatic heterocycles. The zero-order chi connectivity index (χ0) is 15.7. The van der Waals surface area contributed by atoms with E-state index in [2.05, 4.69) is 6.92 Å². The van der Waals surface area contributed by atoms with Gasteiger partial charge in [0, 0.05) is 10.9 Å². The van der Waals surface area contributed by atoms with Crippen LogP contribution in [0.5, 0.6) is 0 Å². The van der Waals surface area contributed by atoms with E-state index in [1.807, 2.05) is 24.3 Å². The van der Waals surface area contributed by atoms with E-state index < -0.39 is 0 Å². The average Bonchev–Trinajstić information content (AvgIpc) is 2.53. The van der Waals surface area contributed by atoms with Crippen molar-refractivity contribution in [2.45, 2.75) is 20.3 Å². The number of Topliss-reactive ketones (excluding diaryl/α,β-unsaturated/α-hetero) is 1. The van der Waals surface area contributed by atoms with E-state index >= 15 is 0 Å². The quantitative estimate of drug-likeness (QED) is 0.536. The summed E-state index contributed by atoms with van der Waals surface area (Å²) in [6, 6.07) is 14.7. The molecule has 3 rings (SSSR count). The number of fused-ring (bicyclic) bond motifs is 1. The van der Waals surface area contributed by atoms with Crippen LogP contribution < -0.4 is 5.63 Å². The second-order valence-corrected chi connectivity index (χ2v) is 5.31. The van der Waals surface area contributed by atoms with Crippen LogP contribution in [0.3, 0.4) is 0 Å². The van der Waals surface area contributed by atoms with Gasteiger partial charge in [-0.15, -0.1) is 0 Å². The Morgan fingerprint density at radius 1 is 1.05 bits per heavy atom. The molecule has 1 heterocycles. The third-order valence-corrected chi connectivity index (χ3v) is 3.81. The first kappa shape index (κ1) is 14.3. The van der Waals surface area contributed by atoms with E-state index in [0.29, 0.717) is 16.7 Å². The lowest BCUT2D eigenvalue weighted by Crippen LogP contribution is -2.03. The zero-order valence-electron chi connectivity index (χ0n) is 12.6. The van der Waals surface area contributed by atoms with Gasteiger partial charge in [0.1, 0.15) is 5.58 Å². The Morgan fingerprint density at radius 2 is 1.77 bits per heavy atom. The van der Waals surface area contributed by atoms with Crippen molar-refractivity contribution >= 4 is 16.8 Å². The number of aryl methyl sites for hydroxylation is 1. The van der Waals surface area contributed by atoms with Gasteiger partial charge >= 0.3 is 5.63 Å². The molecule has 0 aliphatic rings. The van der Waals surface area contributed by atoms with Crippen molar-refractivity contribution < 1.29 is 9.21 Å². The van der Waals surface area contributed by atoms with Crippen LogP contribution in [0.1, 0.15) is 29.8 Å². The summed E-state index contributed by atoms with van der Waals surface area (Å²) >= 11 is 0. The highest BCUT2D eigenvalue weighted by atomic mass is 16.4. The molecule has 110 valence electrons. The van der Waals surface area contributed by atoms with E-state index in [0.717, 1.165) is 22.9 Å². The molecule has 3 heteroatoms. The highest BCUT2D eigenvalue weighted by Crippen LogP contribution is 2.22. The molecular formula is C19H16O3. The molecule has 0 unspecified atom stereocenters. The number of benzene rings is 2. The van der Waals surface area contributed by atoms with E-state index in [4.69, 9.17) is 4.42 Å². The summed E-state index contributed by atoms with van der Waals surface area (Å²) in [5.41, 5.74) is 3.26. The minimum atomic E-state index is -0.365. The monoisotopic (exact) mass is 292 g/mol. The number of carbonyl (C=O) groups is 1. The third kappa shape index (κ3) is 2.58. The van der Waals surface area contributed by atoms with E-state index in [-0.39, 0.29) is 11.4 Å². The van der Waals surface area contributed by atoms with E-state index in [9.17, 15) is 9.59 Å². The van der Waals surface area contributed by atoms with Crippen LogP contribution in [0.4, 0.5) is 0 Å². The topological polar surface area (TPSA) is 47.3 Å². The molecule has 0 spiro atoms. The molecule has 1 aromatic heterocycles. The van der Waals surface area contributed by atoms with Gasteiger partial charge < -0.3 is 4.42 Å². The van der Waals surface area contributed by atoms with Crippen molar-refractivity contribution in [1.82, 2.24) is 0 Å². The fourth-order valence-electron chi connectivity index (χ4n) is 2.46. The molecule has 0 amide bonds. The second kappa shape index (κ2) is 5.60. The maximum Gasteiger partial charge on any atom is 0.344 e. The zero-order valence-corrected chi connectivity index (χ0v) is 12.6. The van der Waals surface area contributed by atoms with Crippen LogP contribution in [0, 0.1) is 0 Å². The predicted octanol–water partition coefficient (Wildman–Crippen LogP) is 4.23. The van der Waals surface area contributed by atoms with Crippen molar-refractivity contribution in [2.24, 2.45) is 0 Å². The van der Waals surface area contributed by atoms with E-state index in [1.54, 1.807) is 24.3 Å². The van der Waals surface area contributed by atoms with Gasteiger partial charge in [-0.2, -0.15) is 0 Å². The van der Waals surface area contributed by atoms with Crippen molar-refractivity contribution in [3.63, 3.8) is 0 Å². The standard InChI is InChI=1S/C19H16O3/c1-3-13-4-5-16-11-17(19(21)22-18(16)10-13)15-8-6-14(7-9-15)12(2)20/h4-11H,3H2,1-2H3. The van der Waals surface area contributed by atoms with Gasteiger partial charge in [-0.3, -0.25) is 4.79 Å². The van der Waals surface area contributed by atoms with Gasteiger partial charge in [0.25, 0.3) is 0 Å². The first-order chi connectivity index (χ1) is 10.6. The Balaban J connectivity index is 2.12. The summed E-state index contributed by atoms with van der Waals surface area (Å²) in [5.74, 6) is 0.00388. The summed E-state index contributed by atoms with van der Waals surface area (Å²) in [7, 11) is 0. The molecule has 0 N–H and O–H groups in total. The largest absolute Gasteiger partial charge is 0.422 e. The highest BCUT2D eigenvalue weighted by Gasteiger charge is 2.09. The maximum atomic E-state index is 12.2. The molecule has 0 fully saturated rings. The summed E-state index contributed by atoms with van der Waals surface area (Å²) < 4.78 is 5.44. The molecule has 0 bridgehead atoms. The number of hydrogen-bond acceptors (Lipinski definition) is 3. The van der Waals surface area contributed by atoms with Crippen molar-refractivity contribution in [1.29, 1.82) is 0 Å². The van der Waals surface area contributed by atoms with E-state index in [1.165, 1.54) is 6.92 Å². The molecule has 3 aromatic rings.